The van der Waals surface area contributed by atoms with Crippen LogP contribution in [-0.2, 0) is 16.1 Å². The molecule has 4 rings (SSSR count). The number of amides is 1. The van der Waals surface area contributed by atoms with Gasteiger partial charge in [0.25, 0.3) is 5.91 Å². The zero-order chi connectivity index (χ0) is 19.7. The summed E-state index contributed by atoms with van der Waals surface area (Å²) in [6.07, 6.45) is 3.34. The smallest absolute Gasteiger partial charge is 0.259 e. The lowest BCUT2D eigenvalue weighted by Crippen LogP contribution is -2.41. The van der Waals surface area contributed by atoms with Gasteiger partial charge in [0.05, 0.1) is 12.2 Å². The van der Waals surface area contributed by atoms with E-state index in [1.54, 1.807) is 14.1 Å². The number of benzene rings is 1. The first-order valence-electron chi connectivity index (χ1n) is 10.1. The van der Waals surface area contributed by atoms with Crippen LogP contribution in [0.3, 0.4) is 0 Å². The number of fused-ring (bicyclic) bond motifs is 5. The van der Waals surface area contributed by atoms with E-state index in [0.717, 1.165) is 24.6 Å². The highest BCUT2D eigenvalue weighted by Gasteiger charge is 2.53. The summed E-state index contributed by atoms with van der Waals surface area (Å²) in [5.74, 6) is 2.91. The molecule has 7 nitrogen and oxygen atoms in total. The van der Waals surface area contributed by atoms with Crippen molar-refractivity contribution in [2.24, 2.45) is 16.8 Å². The molecule has 1 amide bonds. The maximum Gasteiger partial charge on any atom is 0.259 e. The summed E-state index contributed by atoms with van der Waals surface area (Å²) in [5, 5.41) is 3.48. The fraction of sp³-hybridized carbons (Fsp3) is 0.619. The van der Waals surface area contributed by atoms with Gasteiger partial charge in [-0.05, 0) is 30.5 Å². The van der Waals surface area contributed by atoms with Crippen molar-refractivity contribution < 1.29 is 14.3 Å². The quantitative estimate of drug-likeness (QED) is 0.370. The third-order valence-corrected chi connectivity index (χ3v) is 6.17. The van der Waals surface area contributed by atoms with Gasteiger partial charge in [-0.2, -0.15) is 0 Å². The Morgan fingerprint density at radius 1 is 1.28 bits per heavy atom. The van der Waals surface area contributed by atoms with E-state index in [1.165, 1.54) is 17.7 Å². The van der Waals surface area contributed by atoms with Crippen LogP contribution in [0.25, 0.3) is 0 Å². The molecule has 0 aliphatic carbocycles. The Hall–Kier alpha value is -1.55. The van der Waals surface area contributed by atoms with Gasteiger partial charge in [0.15, 0.2) is 12.6 Å². The molecule has 3 saturated heterocycles. The summed E-state index contributed by atoms with van der Waals surface area (Å²) in [4.78, 5) is 20.1. The molecule has 4 atom stereocenters. The third-order valence-electron chi connectivity index (χ3n) is 6.17. The lowest BCUT2D eigenvalue weighted by atomic mass is 9.82. The number of hydrogen-bond donors (Lipinski definition) is 1. The lowest BCUT2D eigenvalue weighted by molar-refractivity contribution is -0.130. The van der Waals surface area contributed by atoms with Crippen molar-refractivity contribution in [1.29, 1.82) is 0 Å². The number of nitrogens with one attached hydrogen (secondary N) is 1. The van der Waals surface area contributed by atoms with Crippen molar-refractivity contribution in [1.82, 2.24) is 15.1 Å². The molecule has 3 heterocycles. The minimum absolute atomic E-state index is 0. The zero-order valence-electron chi connectivity index (χ0n) is 17.3. The molecule has 160 valence electrons. The number of likely N-dealkylation sites (N-methyl/N-ethyl adjacent to an activating group) is 1. The Morgan fingerprint density at radius 2 is 1.97 bits per heavy atom. The van der Waals surface area contributed by atoms with Gasteiger partial charge in [-0.25, -0.2) is 0 Å². The van der Waals surface area contributed by atoms with Crippen molar-refractivity contribution in [2.45, 2.75) is 31.6 Å². The average molecular weight is 514 g/mol. The molecule has 0 radical (unpaired) electrons. The number of nitrogens with zero attached hydrogens (tertiary/aromatic N) is 3. The van der Waals surface area contributed by atoms with E-state index in [-0.39, 0.29) is 36.5 Å². The SMILES string of the molecule is CN=C(NCc1cccc(OCC(=O)N(C)C)c1)N1CC2C3CCC(O3)C2C1.I. The van der Waals surface area contributed by atoms with Crippen LogP contribution < -0.4 is 10.1 Å². The molecule has 3 aliphatic rings. The largest absolute Gasteiger partial charge is 0.484 e. The molecule has 0 spiro atoms. The highest BCUT2D eigenvalue weighted by molar-refractivity contribution is 14.0. The van der Waals surface area contributed by atoms with Crippen molar-refractivity contribution in [3.63, 3.8) is 0 Å². The fourth-order valence-corrected chi connectivity index (χ4v) is 4.67. The predicted molar refractivity (Wildman–Crippen MR) is 123 cm³/mol. The average Bonchev–Trinajstić information content (AvgIpc) is 3.40. The van der Waals surface area contributed by atoms with Crippen molar-refractivity contribution >= 4 is 35.8 Å². The maximum atomic E-state index is 11.7. The van der Waals surface area contributed by atoms with Gasteiger partial charge < -0.3 is 24.6 Å². The second-order valence-corrected chi connectivity index (χ2v) is 8.15. The van der Waals surface area contributed by atoms with Crippen molar-refractivity contribution in [2.75, 3.05) is 40.8 Å². The summed E-state index contributed by atoms with van der Waals surface area (Å²) >= 11 is 0. The molecule has 29 heavy (non-hydrogen) atoms. The molecule has 0 saturated carbocycles. The first-order chi connectivity index (χ1) is 13.5. The molecule has 1 aromatic rings. The molecule has 3 aliphatic heterocycles. The standard InChI is InChI=1S/C21H30N4O3.HI/c1-22-21(25-11-16-17(12-25)19-8-7-18(16)28-19)23-10-14-5-4-6-15(9-14)27-13-20(26)24(2)3;/h4-6,9,16-19H,7-8,10-13H2,1-3H3,(H,22,23);1H. The van der Waals surface area contributed by atoms with E-state index in [9.17, 15) is 4.79 Å². The normalized spacial score (nSPS) is 27.4. The Labute approximate surface area is 189 Å². The Bertz CT molecular complexity index is 739. The molecule has 8 heteroatoms. The fourth-order valence-electron chi connectivity index (χ4n) is 4.67. The van der Waals surface area contributed by atoms with Gasteiger partial charge in [0.1, 0.15) is 5.75 Å². The van der Waals surface area contributed by atoms with Gasteiger partial charge in [0.2, 0.25) is 0 Å². The van der Waals surface area contributed by atoms with Crippen LogP contribution in [0.15, 0.2) is 29.3 Å². The Kier molecular flexibility index (Phi) is 7.26. The monoisotopic (exact) mass is 514 g/mol. The highest BCUT2D eigenvalue weighted by atomic mass is 127. The predicted octanol–water partition coefficient (Wildman–Crippen LogP) is 1.96. The van der Waals surface area contributed by atoms with E-state index in [0.29, 0.717) is 36.3 Å². The van der Waals surface area contributed by atoms with Crippen LogP contribution in [0.4, 0.5) is 0 Å². The molecule has 2 bridgehead atoms. The highest BCUT2D eigenvalue weighted by Crippen LogP contribution is 2.47. The van der Waals surface area contributed by atoms with Crippen molar-refractivity contribution in [3.05, 3.63) is 29.8 Å². The number of aliphatic imine (C=N–C) groups is 1. The van der Waals surface area contributed by atoms with Gasteiger partial charge in [0, 0.05) is 52.6 Å². The minimum atomic E-state index is -0.0542. The van der Waals surface area contributed by atoms with Crippen LogP contribution in [0, 0.1) is 11.8 Å². The topological polar surface area (TPSA) is 66.4 Å². The Balaban J connectivity index is 0.00000240. The number of hydrogen-bond acceptors (Lipinski definition) is 4. The molecule has 3 fully saturated rings. The number of ether oxygens (including phenoxy) is 2. The van der Waals surface area contributed by atoms with Gasteiger partial charge in [-0.3, -0.25) is 9.79 Å². The molecule has 1 aromatic carbocycles. The number of likely N-dealkylation sites (tertiary alicyclic amines) is 1. The molecular formula is C21H31IN4O3. The van der Waals surface area contributed by atoms with Crippen LogP contribution in [0.2, 0.25) is 0 Å². The molecule has 0 aromatic heterocycles. The van der Waals surface area contributed by atoms with Crippen molar-refractivity contribution in [3.8, 4) is 5.75 Å². The van der Waals surface area contributed by atoms with E-state index in [2.05, 4.69) is 15.2 Å². The maximum absolute atomic E-state index is 11.7. The van der Waals surface area contributed by atoms with Gasteiger partial charge in [-0.1, -0.05) is 12.1 Å². The number of halogens is 1. The van der Waals surface area contributed by atoms with Gasteiger partial charge >= 0.3 is 0 Å². The van der Waals surface area contributed by atoms with Gasteiger partial charge in [-0.15, -0.1) is 24.0 Å². The van der Waals surface area contributed by atoms with Crippen LogP contribution in [0.5, 0.6) is 5.75 Å². The van der Waals surface area contributed by atoms with Crippen LogP contribution >= 0.6 is 24.0 Å². The second-order valence-electron chi connectivity index (χ2n) is 8.15. The summed E-state index contributed by atoms with van der Waals surface area (Å²) in [5.41, 5.74) is 1.10. The number of carbonyl (C=O) groups is 1. The summed E-state index contributed by atoms with van der Waals surface area (Å²) in [6.45, 7) is 2.77. The lowest BCUT2D eigenvalue weighted by Gasteiger charge is -2.23. The Morgan fingerprint density at radius 3 is 2.59 bits per heavy atom. The minimum Gasteiger partial charge on any atom is -0.484 e. The first kappa shape index (κ1) is 22.1. The molecule has 4 unspecified atom stereocenters. The summed E-state index contributed by atoms with van der Waals surface area (Å²) in [6, 6.07) is 7.84. The van der Waals surface area contributed by atoms with E-state index < -0.39 is 0 Å². The number of rotatable bonds is 5. The first-order valence-corrected chi connectivity index (χ1v) is 10.1. The second kappa shape index (κ2) is 9.51. The van der Waals surface area contributed by atoms with Crippen LogP contribution in [0.1, 0.15) is 18.4 Å². The zero-order valence-corrected chi connectivity index (χ0v) is 19.7. The molecular weight excluding hydrogens is 483 g/mol. The van der Waals surface area contributed by atoms with E-state index >= 15 is 0 Å². The number of guanidine groups is 1. The van der Waals surface area contributed by atoms with E-state index in [1.807, 2.05) is 31.3 Å². The summed E-state index contributed by atoms with van der Waals surface area (Å²) in [7, 11) is 5.29. The molecule has 1 N–H and O–H groups in total. The number of carbonyl (C=O) groups excluding carboxylic acids is 1. The van der Waals surface area contributed by atoms with E-state index in [4.69, 9.17) is 9.47 Å². The van der Waals surface area contributed by atoms with Crippen LogP contribution in [-0.4, -0.2) is 74.7 Å². The summed E-state index contributed by atoms with van der Waals surface area (Å²) < 4.78 is 11.7. The third kappa shape index (κ3) is 4.79.